The van der Waals surface area contributed by atoms with E-state index in [2.05, 4.69) is 58.6 Å². The molecule has 168 valence electrons. The number of guanidine groups is 1. The van der Waals surface area contributed by atoms with Gasteiger partial charge in [-0.2, -0.15) is 0 Å². The monoisotopic (exact) mass is 425 g/mol. The molecule has 1 saturated heterocycles. The van der Waals surface area contributed by atoms with Gasteiger partial charge in [0.2, 0.25) is 0 Å². The molecule has 1 aliphatic heterocycles. The second kappa shape index (κ2) is 11.7. The third kappa shape index (κ3) is 7.52. The first-order valence-corrected chi connectivity index (χ1v) is 11.0. The predicted octanol–water partition coefficient (Wildman–Crippen LogP) is 1.92. The van der Waals surface area contributed by atoms with E-state index >= 15 is 0 Å². The lowest BCUT2D eigenvalue weighted by Gasteiger charge is -2.34. The van der Waals surface area contributed by atoms with Gasteiger partial charge in [0, 0.05) is 52.0 Å². The van der Waals surface area contributed by atoms with Crippen LogP contribution in [0.25, 0.3) is 0 Å². The van der Waals surface area contributed by atoms with Crippen LogP contribution in [0.3, 0.4) is 0 Å². The standard InChI is InChI=1S/C24H35N5O2/c1-19(2)16-28-12-13-31-22(18-28)15-27-24(25-3)26-14-20-7-9-21(10-8-20)17-29-11-5-4-6-23(29)30/h4-11,19,22H,12-18H2,1-3H3,(H2,25,26,27). The Balaban J connectivity index is 1.44. The molecular weight excluding hydrogens is 390 g/mol. The lowest BCUT2D eigenvalue weighted by Crippen LogP contribution is -2.50. The molecule has 2 heterocycles. The molecule has 1 aromatic carbocycles. The second-order valence-electron chi connectivity index (χ2n) is 8.44. The van der Waals surface area contributed by atoms with Gasteiger partial charge < -0.3 is 19.9 Å². The van der Waals surface area contributed by atoms with Gasteiger partial charge in [-0.15, -0.1) is 0 Å². The van der Waals surface area contributed by atoms with Crippen molar-refractivity contribution < 1.29 is 4.74 Å². The van der Waals surface area contributed by atoms with Crippen molar-refractivity contribution in [2.75, 3.05) is 39.8 Å². The molecule has 1 fully saturated rings. The van der Waals surface area contributed by atoms with Crippen molar-refractivity contribution in [1.82, 2.24) is 20.1 Å². The van der Waals surface area contributed by atoms with Gasteiger partial charge in [-0.05, 0) is 23.1 Å². The minimum atomic E-state index is 0.0115. The van der Waals surface area contributed by atoms with E-state index in [0.29, 0.717) is 19.0 Å². The minimum absolute atomic E-state index is 0.0115. The SMILES string of the molecule is CN=C(NCc1ccc(Cn2ccccc2=O)cc1)NCC1CN(CC(C)C)CCO1. The fraction of sp³-hybridized carbons (Fsp3) is 0.500. The Hall–Kier alpha value is -2.64. The molecule has 0 spiro atoms. The van der Waals surface area contributed by atoms with Crippen LogP contribution in [0.2, 0.25) is 0 Å². The van der Waals surface area contributed by atoms with E-state index in [1.54, 1.807) is 23.7 Å². The number of hydrogen-bond acceptors (Lipinski definition) is 4. The number of ether oxygens (including phenoxy) is 1. The van der Waals surface area contributed by atoms with Crippen LogP contribution in [0.4, 0.5) is 0 Å². The summed E-state index contributed by atoms with van der Waals surface area (Å²) in [5, 5.41) is 6.74. The van der Waals surface area contributed by atoms with Crippen LogP contribution in [0.15, 0.2) is 58.4 Å². The predicted molar refractivity (Wildman–Crippen MR) is 125 cm³/mol. The summed E-state index contributed by atoms with van der Waals surface area (Å²) in [6.45, 7) is 10.4. The Labute approximate surface area is 185 Å². The lowest BCUT2D eigenvalue weighted by molar-refractivity contribution is -0.0284. The minimum Gasteiger partial charge on any atom is -0.374 e. The molecule has 31 heavy (non-hydrogen) atoms. The number of aromatic nitrogens is 1. The van der Waals surface area contributed by atoms with Crippen molar-refractivity contribution in [2.45, 2.75) is 33.0 Å². The van der Waals surface area contributed by atoms with Gasteiger partial charge in [0.05, 0.1) is 19.3 Å². The van der Waals surface area contributed by atoms with Gasteiger partial charge >= 0.3 is 0 Å². The fourth-order valence-electron chi connectivity index (χ4n) is 3.75. The highest BCUT2D eigenvalue weighted by Crippen LogP contribution is 2.08. The smallest absolute Gasteiger partial charge is 0.250 e. The molecule has 3 rings (SSSR count). The molecule has 0 aliphatic carbocycles. The summed E-state index contributed by atoms with van der Waals surface area (Å²) in [6, 6.07) is 13.5. The van der Waals surface area contributed by atoms with Crippen LogP contribution in [0.1, 0.15) is 25.0 Å². The molecule has 1 unspecified atom stereocenters. The van der Waals surface area contributed by atoms with Crippen molar-refractivity contribution in [3.05, 3.63) is 70.1 Å². The van der Waals surface area contributed by atoms with E-state index in [1.165, 1.54) is 0 Å². The van der Waals surface area contributed by atoms with Gasteiger partial charge in [-0.3, -0.25) is 14.7 Å². The zero-order valence-electron chi connectivity index (χ0n) is 18.9. The number of aliphatic imine (C=N–C) groups is 1. The second-order valence-corrected chi connectivity index (χ2v) is 8.44. The van der Waals surface area contributed by atoms with E-state index in [9.17, 15) is 4.79 Å². The molecule has 2 aromatic rings. The van der Waals surface area contributed by atoms with Crippen molar-refractivity contribution >= 4 is 5.96 Å². The van der Waals surface area contributed by atoms with Crippen molar-refractivity contribution in [2.24, 2.45) is 10.9 Å². The summed E-state index contributed by atoms with van der Waals surface area (Å²) in [4.78, 5) is 18.7. The normalized spacial score (nSPS) is 17.7. The van der Waals surface area contributed by atoms with Crippen LogP contribution < -0.4 is 16.2 Å². The van der Waals surface area contributed by atoms with E-state index in [-0.39, 0.29) is 11.7 Å². The number of rotatable bonds is 8. The Morgan fingerprint density at radius 1 is 1.16 bits per heavy atom. The molecule has 1 aliphatic rings. The molecule has 0 radical (unpaired) electrons. The first-order chi connectivity index (χ1) is 15.0. The van der Waals surface area contributed by atoms with E-state index in [0.717, 1.165) is 49.9 Å². The summed E-state index contributed by atoms with van der Waals surface area (Å²) in [5.41, 5.74) is 2.27. The van der Waals surface area contributed by atoms with E-state index < -0.39 is 0 Å². The third-order valence-corrected chi connectivity index (χ3v) is 5.30. The number of nitrogens with zero attached hydrogens (tertiary/aromatic N) is 3. The van der Waals surface area contributed by atoms with Crippen LogP contribution in [-0.4, -0.2) is 61.4 Å². The van der Waals surface area contributed by atoms with Crippen LogP contribution in [-0.2, 0) is 17.8 Å². The maximum Gasteiger partial charge on any atom is 0.250 e. The van der Waals surface area contributed by atoms with Crippen molar-refractivity contribution in [3.8, 4) is 0 Å². The van der Waals surface area contributed by atoms with Gasteiger partial charge in [0.1, 0.15) is 0 Å². The number of morpholine rings is 1. The summed E-state index contributed by atoms with van der Waals surface area (Å²) < 4.78 is 7.61. The lowest BCUT2D eigenvalue weighted by atomic mass is 10.1. The molecule has 1 aromatic heterocycles. The highest BCUT2D eigenvalue weighted by molar-refractivity contribution is 5.79. The molecule has 7 heteroatoms. The Morgan fingerprint density at radius 2 is 1.94 bits per heavy atom. The van der Waals surface area contributed by atoms with Crippen LogP contribution >= 0.6 is 0 Å². The van der Waals surface area contributed by atoms with Crippen LogP contribution in [0.5, 0.6) is 0 Å². The zero-order valence-corrected chi connectivity index (χ0v) is 18.9. The van der Waals surface area contributed by atoms with E-state index in [1.807, 2.05) is 12.3 Å². The Kier molecular flexibility index (Phi) is 8.67. The molecular formula is C24H35N5O2. The molecule has 0 amide bonds. The highest BCUT2D eigenvalue weighted by atomic mass is 16.5. The quantitative estimate of drug-likeness (QED) is 0.500. The molecule has 1 atom stereocenters. The number of hydrogen-bond donors (Lipinski definition) is 2. The zero-order chi connectivity index (χ0) is 22.1. The summed E-state index contributed by atoms with van der Waals surface area (Å²) in [7, 11) is 1.78. The van der Waals surface area contributed by atoms with Gasteiger partial charge in [-0.25, -0.2) is 0 Å². The van der Waals surface area contributed by atoms with E-state index in [4.69, 9.17) is 4.74 Å². The van der Waals surface area contributed by atoms with Crippen molar-refractivity contribution in [3.63, 3.8) is 0 Å². The average molecular weight is 426 g/mol. The van der Waals surface area contributed by atoms with Crippen molar-refractivity contribution in [1.29, 1.82) is 0 Å². The van der Waals surface area contributed by atoms with Crippen LogP contribution in [0, 0.1) is 5.92 Å². The summed E-state index contributed by atoms with van der Waals surface area (Å²) >= 11 is 0. The summed E-state index contributed by atoms with van der Waals surface area (Å²) in [6.07, 6.45) is 1.98. The molecule has 0 saturated carbocycles. The molecule has 7 nitrogen and oxygen atoms in total. The first-order valence-electron chi connectivity index (χ1n) is 11.0. The Morgan fingerprint density at radius 3 is 2.65 bits per heavy atom. The van der Waals surface area contributed by atoms with Gasteiger partial charge in [0.15, 0.2) is 5.96 Å². The number of pyridine rings is 1. The van der Waals surface area contributed by atoms with Gasteiger partial charge in [-0.1, -0.05) is 44.2 Å². The van der Waals surface area contributed by atoms with Gasteiger partial charge in [0.25, 0.3) is 5.56 Å². The molecule has 0 bridgehead atoms. The molecule has 2 N–H and O–H groups in total. The number of benzene rings is 1. The largest absolute Gasteiger partial charge is 0.374 e. The maximum atomic E-state index is 11.9. The fourth-order valence-corrected chi connectivity index (χ4v) is 3.75. The average Bonchev–Trinajstić information content (AvgIpc) is 2.76. The maximum absolute atomic E-state index is 11.9. The third-order valence-electron chi connectivity index (χ3n) is 5.30. The number of nitrogens with one attached hydrogen (secondary N) is 2. The summed E-state index contributed by atoms with van der Waals surface area (Å²) in [5.74, 6) is 1.44. The topological polar surface area (TPSA) is 70.9 Å². The Bertz CT molecular complexity index is 891. The first kappa shape index (κ1) is 23.0. The highest BCUT2D eigenvalue weighted by Gasteiger charge is 2.21.